The van der Waals surface area contributed by atoms with Gasteiger partial charge in [-0.1, -0.05) is 5.21 Å². The van der Waals surface area contributed by atoms with Crippen LogP contribution in [-0.4, -0.2) is 50.5 Å². The zero-order chi connectivity index (χ0) is 16.9. The van der Waals surface area contributed by atoms with Crippen LogP contribution in [0.3, 0.4) is 0 Å². The Labute approximate surface area is 139 Å². The number of hydrogen-bond donors (Lipinski definition) is 0. The Kier molecular flexibility index (Phi) is 4.70. The van der Waals surface area contributed by atoms with E-state index in [0.29, 0.717) is 42.8 Å². The molecule has 1 aliphatic heterocycles. The number of ether oxygens (including phenoxy) is 1. The Bertz CT molecular complexity index is 758. The van der Waals surface area contributed by atoms with Crippen molar-refractivity contribution in [2.45, 2.75) is 12.8 Å². The van der Waals surface area contributed by atoms with Crippen molar-refractivity contribution in [1.29, 1.82) is 5.26 Å². The number of aromatic nitrogens is 4. The molecule has 0 atom stereocenters. The second-order valence-corrected chi connectivity index (χ2v) is 5.82. The highest BCUT2D eigenvalue weighted by atomic mass is 16.5. The number of aryl methyl sites for hydroxylation is 1. The van der Waals surface area contributed by atoms with Crippen molar-refractivity contribution in [3.05, 3.63) is 35.8 Å². The largest absolute Gasteiger partial charge is 0.477 e. The zero-order valence-electron chi connectivity index (χ0n) is 13.4. The standard InChI is InChI=1S/C16H18N6O2/c1-21-10-14(19-20-21)16(23)22-6-3-12(4-7-22)11-24-15-8-13(9-17)2-5-18-15/h2,5,8,10,12H,3-4,6-7,11H2,1H3. The number of likely N-dealkylation sites (tertiary alicyclic amines) is 1. The molecule has 124 valence electrons. The van der Waals surface area contributed by atoms with Crippen LogP contribution in [0.4, 0.5) is 0 Å². The van der Waals surface area contributed by atoms with Gasteiger partial charge >= 0.3 is 0 Å². The lowest BCUT2D eigenvalue weighted by Crippen LogP contribution is -2.39. The Hall–Kier alpha value is -2.95. The van der Waals surface area contributed by atoms with Gasteiger partial charge < -0.3 is 9.64 Å². The van der Waals surface area contributed by atoms with E-state index in [1.807, 2.05) is 0 Å². The van der Waals surface area contributed by atoms with Crippen molar-refractivity contribution in [1.82, 2.24) is 24.9 Å². The first-order valence-electron chi connectivity index (χ1n) is 7.80. The molecule has 3 heterocycles. The molecule has 0 radical (unpaired) electrons. The van der Waals surface area contributed by atoms with E-state index in [0.717, 1.165) is 12.8 Å². The molecule has 2 aromatic rings. The molecule has 0 aromatic carbocycles. The summed E-state index contributed by atoms with van der Waals surface area (Å²) in [4.78, 5) is 18.2. The molecule has 2 aromatic heterocycles. The highest BCUT2D eigenvalue weighted by molar-refractivity contribution is 5.91. The van der Waals surface area contributed by atoms with Gasteiger partial charge in [0.05, 0.1) is 24.4 Å². The first kappa shape index (κ1) is 15.9. The average Bonchev–Trinajstić information content (AvgIpc) is 3.06. The van der Waals surface area contributed by atoms with E-state index in [1.54, 1.807) is 36.5 Å². The smallest absolute Gasteiger partial charge is 0.276 e. The summed E-state index contributed by atoms with van der Waals surface area (Å²) in [7, 11) is 1.74. The highest BCUT2D eigenvalue weighted by Crippen LogP contribution is 2.20. The fraction of sp³-hybridized carbons (Fsp3) is 0.438. The van der Waals surface area contributed by atoms with Gasteiger partial charge in [0, 0.05) is 32.4 Å². The molecule has 3 rings (SSSR count). The minimum atomic E-state index is -0.0779. The summed E-state index contributed by atoms with van der Waals surface area (Å²) in [6, 6.07) is 5.34. The summed E-state index contributed by atoms with van der Waals surface area (Å²) < 4.78 is 7.20. The van der Waals surface area contributed by atoms with Crippen LogP contribution < -0.4 is 4.74 Å². The summed E-state index contributed by atoms with van der Waals surface area (Å²) in [5.74, 6) is 0.751. The molecule has 0 saturated carbocycles. The van der Waals surface area contributed by atoms with E-state index in [1.165, 1.54) is 4.68 Å². The average molecular weight is 326 g/mol. The Morgan fingerprint density at radius 3 is 2.92 bits per heavy atom. The fourth-order valence-corrected chi connectivity index (χ4v) is 2.67. The summed E-state index contributed by atoms with van der Waals surface area (Å²) in [5.41, 5.74) is 0.911. The van der Waals surface area contributed by atoms with E-state index in [4.69, 9.17) is 10.00 Å². The first-order valence-corrected chi connectivity index (χ1v) is 7.80. The Morgan fingerprint density at radius 1 is 1.46 bits per heavy atom. The van der Waals surface area contributed by atoms with Crippen LogP contribution in [0.25, 0.3) is 0 Å². The quantitative estimate of drug-likeness (QED) is 0.832. The molecule has 24 heavy (non-hydrogen) atoms. The molecule has 0 N–H and O–H groups in total. The van der Waals surface area contributed by atoms with Gasteiger partial charge in [0.2, 0.25) is 5.88 Å². The minimum absolute atomic E-state index is 0.0779. The molecule has 8 nitrogen and oxygen atoms in total. The number of carbonyl (C=O) groups excluding carboxylic acids is 1. The Morgan fingerprint density at radius 2 is 2.25 bits per heavy atom. The second kappa shape index (κ2) is 7.08. The molecular formula is C16H18N6O2. The number of pyridine rings is 1. The summed E-state index contributed by atoms with van der Waals surface area (Å²) in [6.07, 6.45) is 4.93. The van der Waals surface area contributed by atoms with Crippen LogP contribution in [0.5, 0.6) is 5.88 Å². The topological polar surface area (TPSA) is 96.9 Å². The molecule has 1 saturated heterocycles. The van der Waals surface area contributed by atoms with E-state index < -0.39 is 0 Å². The van der Waals surface area contributed by atoms with Crippen LogP contribution >= 0.6 is 0 Å². The molecule has 0 aliphatic carbocycles. The van der Waals surface area contributed by atoms with Crippen molar-refractivity contribution in [2.24, 2.45) is 13.0 Å². The summed E-state index contributed by atoms with van der Waals surface area (Å²) in [6.45, 7) is 1.89. The number of rotatable bonds is 4. The minimum Gasteiger partial charge on any atom is -0.477 e. The van der Waals surface area contributed by atoms with Crippen LogP contribution in [0.2, 0.25) is 0 Å². The van der Waals surface area contributed by atoms with E-state index in [9.17, 15) is 4.79 Å². The van der Waals surface area contributed by atoms with Crippen molar-refractivity contribution >= 4 is 5.91 Å². The van der Waals surface area contributed by atoms with Crippen LogP contribution in [-0.2, 0) is 7.05 Å². The summed E-state index contributed by atoms with van der Waals surface area (Å²) in [5, 5.41) is 16.5. The normalized spacial score (nSPS) is 15.1. The molecule has 0 spiro atoms. The maximum atomic E-state index is 12.3. The monoisotopic (exact) mass is 326 g/mol. The zero-order valence-corrected chi connectivity index (χ0v) is 13.4. The summed E-state index contributed by atoms with van der Waals surface area (Å²) >= 11 is 0. The maximum absolute atomic E-state index is 12.3. The molecule has 1 fully saturated rings. The number of hydrogen-bond acceptors (Lipinski definition) is 6. The SMILES string of the molecule is Cn1cc(C(=O)N2CCC(COc3cc(C#N)ccn3)CC2)nn1. The first-order chi connectivity index (χ1) is 11.7. The highest BCUT2D eigenvalue weighted by Gasteiger charge is 2.25. The van der Waals surface area contributed by atoms with Crippen molar-refractivity contribution in [3.8, 4) is 11.9 Å². The molecule has 0 bridgehead atoms. The second-order valence-electron chi connectivity index (χ2n) is 5.82. The van der Waals surface area contributed by atoms with Crippen molar-refractivity contribution < 1.29 is 9.53 Å². The van der Waals surface area contributed by atoms with Gasteiger partial charge in [-0.3, -0.25) is 9.48 Å². The lowest BCUT2D eigenvalue weighted by atomic mass is 9.97. The van der Waals surface area contributed by atoms with Crippen molar-refractivity contribution in [3.63, 3.8) is 0 Å². The third-order valence-electron chi connectivity index (χ3n) is 4.05. The lowest BCUT2D eigenvalue weighted by molar-refractivity contribution is 0.0653. The van der Waals surface area contributed by atoms with Crippen LogP contribution in [0, 0.1) is 17.2 Å². The molecular weight excluding hydrogens is 308 g/mol. The van der Waals surface area contributed by atoms with E-state index in [-0.39, 0.29) is 5.91 Å². The molecule has 1 aliphatic rings. The predicted octanol–water partition coefficient (Wildman–Crippen LogP) is 1.01. The fourth-order valence-electron chi connectivity index (χ4n) is 2.67. The predicted molar refractivity (Wildman–Crippen MR) is 84.1 cm³/mol. The molecule has 8 heteroatoms. The van der Waals surface area contributed by atoms with Gasteiger partial charge in [0.25, 0.3) is 5.91 Å². The Balaban J connectivity index is 1.48. The third kappa shape index (κ3) is 3.68. The van der Waals surface area contributed by atoms with E-state index in [2.05, 4.69) is 21.4 Å². The van der Waals surface area contributed by atoms with Gasteiger partial charge in [0.15, 0.2) is 5.69 Å². The van der Waals surface area contributed by atoms with Gasteiger partial charge in [-0.05, 0) is 24.8 Å². The van der Waals surface area contributed by atoms with Crippen LogP contribution in [0.1, 0.15) is 28.9 Å². The number of piperidine rings is 1. The van der Waals surface area contributed by atoms with Crippen molar-refractivity contribution in [2.75, 3.05) is 19.7 Å². The van der Waals surface area contributed by atoms with E-state index >= 15 is 0 Å². The maximum Gasteiger partial charge on any atom is 0.276 e. The van der Waals surface area contributed by atoms with Gasteiger partial charge in [-0.2, -0.15) is 5.26 Å². The van der Waals surface area contributed by atoms with Gasteiger partial charge in [-0.15, -0.1) is 5.10 Å². The number of nitrogens with zero attached hydrogens (tertiary/aromatic N) is 6. The van der Waals surface area contributed by atoms with Crippen LogP contribution in [0.15, 0.2) is 24.5 Å². The number of carbonyl (C=O) groups is 1. The molecule has 1 amide bonds. The lowest BCUT2D eigenvalue weighted by Gasteiger charge is -2.31. The van der Waals surface area contributed by atoms with Gasteiger partial charge in [-0.25, -0.2) is 4.98 Å². The van der Waals surface area contributed by atoms with Gasteiger partial charge in [0.1, 0.15) is 0 Å². The molecule has 0 unspecified atom stereocenters. The number of nitriles is 1. The third-order valence-corrected chi connectivity index (χ3v) is 4.05. The number of amides is 1.